The lowest BCUT2D eigenvalue weighted by atomic mass is 9.72. The number of aliphatic hydroxyl groups excluding tert-OH is 1. The molecule has 25 heavy (non-hydrogen) atoms. The average Bonchev–Trinajstić information content (AvgIpc) is 3.15. The van der Waals surface area contributed by atoms with Crippen molar-refractivity contribution >= 4 is 0 Å². The first kappa shape index (κ1) is 16.8. The van der Waals surface area contributed by atoms with Gasteiger partial charge < -0.3 is 15.0 Å². The third-order valence-corrected chi connectivity index (χ3v) is 6.27. The van der Waals surface area contributed by atoms with E-state index < -0.39 is 0 Å². The van der Waals surface area contributed by atoms with E-state index in [1.54, 1.807) is 0 Å². The van der Waals surface area contributed by atoms with Crippen LogP contribution in [0.3, 0.4) is 0 Å². The zero-order valence-corrected chi connectivity index (χ0v) is 15.2. The summed E-state index contributed by atoms with van der Waals surface area (Å²) in [5.74, 6) is 1.04. The van der Waals surface area contributed by atoms with Gasteiger partial charge >= 0.3 is 0 Å². The third-order valence-electron chi connectivity index (χ3n) is 6.27. The number of benzene rings is 1. The molecule has 0 saturated carbocycles. The molecule has 2 atom stereocenters. The van der Waals surface area contributed by atoms with Crippen LogP contribution in [-0.2, 0) is 12.0 Å². The summed E-state index contributed by atoms with van der Waals surface area (Å²) in [6, 6.07) is 8.73. The van der Waals surface area contributed by atoms with Gasteiger partial charge in [0, 0.05) is 30.9 Å². The smallest absolute Gasteiger partial charge is 0.105 e. The average molecular weight is 340 g/mol. The lowest BCUT2D eigenvalue weighted by molar-refractivity contribution is 0.00571. The van der Waals surface area contributed by atoms with Crippen LogP contribution >= 0.6 is 0 Å². The Morgan fingerprint density at radius 3 is 2.80 bits per heavy atom. The van der Waals surface area contributed by atoms with E-state index in [9.17, 15) is 5.11 Å². The lowest BCUT2D eigenvalue weighted by Gasteiger charge is -2.40. The Hall–Kier alpha value is -1.69. The van der Waals surface area contributed by atoms with Crippen LogP contribution in [-0.4, -0.2) is 52.3 Å². The van der Waals surface area contributed by atoms with Crippen LogP contribution in [0.1, 0.15) is 35.8 Å². The maximum Gasteiger partial charge on any atom is 0.105 e. The molecule has 0 unspecified atom stereocenters. The molecule has 2 N–H and O–H groups in total. The van der Waals surface area contributed by atoms with Crippen molar-refractivity contribution in [3.63, 3.8) is 0 Å². The predicted molar refractivity (Wildman–Crippen MR) is 98.6 cm³/mol. The van der Waals surface area contributed by atoms with Gasteiger partial charge in [-0.25, -0.2) is 4.98 Å². The fourth-order valence-corrected chi connectivity index (χ4v) is 4.80. The molecule has 5 heteroatoms. The first-order chi connectivity index (χ1) is 12.1. The van der Waals surface area contributed by atoms with Crippen molar-refractivity contribution in [2.24, 2.45) is 0 Å². The van der Waals surface area contributed by atoms with Crippen LogP contribution in [0.4, 0.5) is 0 Å². The molecule has 1 aliphatic carbocycles. The van der Waals surface area contributed by atoms with Crippen molar-refractivity contribution < 1.29 is 5.11 Å². The number of imidazole rings is 1. The minimum Gasteiger partial charge on any atom is -0.390 e. The Labute approximate surface area is 149 Å². The molecule has 1 fully saturated rings. The summed E-state index contributed by atoms with van der Waals surface area (Å²) in [6.45, 7) is 5.78. The van der Waals surface area contributed by atoms with E-state index in [0.29, 0.717) is 0 Å². The van der Waals surface area contributed by atoms with Gasteiger partial charge in [-0.1, -0.05) is 24.3 Å². The highest BCUT2D eigenvalue weighted by atomic mass is 16.3. The molecule has 5 nitrogen and oxygen atoms in total. The SMILES string of the molecule is Cc1nccn1CCN(C)[C@@H]1c2ccccc2C2(CCNCC2)[C@H]1O. The highest BCUT2D eigenvalue weighted by Gasteiger charge is 2.52. The van der Waals surface area contributed by atoms with Gasteiger partial charge in [0.1, 0.15) is 5.82 Å². The molecule has 2 heterocycles. The fourth-order valence-electron chi connectivity index (χ4n) is 4.80. The number of aryl methyl sites for hydroxylation is 1. The Balaban J connectivity index is 1.60. The fraction of sp³-hybridized carbons (Fsp3) is 0.550. The van der Waals surface area contributed by atoms with E-state index in [4.69, 9.17) is 0 Å². The van der Waals surface area contributed by atoms with Crippen LogP contribution < -0.4 is 5.32 Å². The molecule has 1 spiro atoms. The van der Waals surface area contributed by atoms with E-state index in [1.807, 2.05) is 19.3 Å². The molecular weight excluding hydrogens is 312 g/mol. The summed E-state index contributed by atoms with van der Waals surface area (Å²) in [6.07, 6.45) is 5.54. The van der Waals surface area contributed by atoms with Crippen molar-refractivity contribution in [3.05, 3.63) is 53.6 Å². The maximum absolute atomic E-state index is 11.4. The van der Waals surface area contributed by atoms with Crippen molar-refractivity contribution in [1.29, 1.82) is 0 Å². The number of hydrogen-bond acceptors (Lipinski definition) is 4. The van der Waals surface area contributed by atoms with Crippen LogP contribution in [0.2, 0.25) is 0 Å². The molecule has 4 rings (SSSR count). The number of aliphatic hydroxyl groups is 1. The van der Waals surface area contributed by atoms with Crippen LogP contribution in [0.25, 0.3) is 0 Å². The standard InChI is InChI=1S/C20H28N4O/c1-15-22-11-12-24(15)14-13-23(2)18-16-5-3-4-6-17(16)20(19(18)25)7-9-21-10-8-20/h3-6,11-12,18-19,21,25H,7-10,13-14H2,1-2H3/t18-,19+/m1/s1. The first-order valence-electron chi connectivity index (χ1n) is 9.30. The van der Waals surface area contributed by atoms with Gasteiger partial charge in [0.15, 0.2) is 0 Å². The summed E-state index contributed by atoms with van der Waals surface area (Å²) >= 11 is 0. The van der Waals surface area contributed by atoms with Crippen molar-refractivity contribution in [2.45, 2.75) is 43.9 Å². The van der Waals surface area contributed by atoms with Gasteiger partial charge in [0.05, 0.1) is 12.1 Å². The molecule has 0 amide bonds. The van der Waals surface area contributed by atoms with Crippen molar-refractivity contribution in [2.75, 3.05) is 26.7 Å². The summed E-state index contributed by atoms with van der Waals surface area (Å²) in [5, 5.41) is 14.8. The quantitative estimate of drug-likeness (QED) is 0.892. The zero-order chi connectivity index (χ0) is 17.4. The van der Waals surface area contributed by atoms with Crippen LogP contribution in [0, 0.1) is 6.92 Å². The Morgan fingerprint density at radius 1 is 1.32 bits per heavy atom. The van der Waals surface area contributed by atoms with E-state index in [1.165, 1.54) is 11.1 Å². The molecule has 1 aliphatic heterocycles. The number of aromatic nitrogens is 2. The molecular formula is C20H28N4O. The summed E-state index contributed by atoms with van der Waals surface area (Å²) < 4.78 is 2.17. The summed E-state index contributed by atoms with van der Waals surface area (Å²) in [4.78, 5) is 6.62. The van der Waals surface area contributed by atoms with Crippen molar-refractivity contribution in [3.8, 4) is 0 Å². The minimum absolute atomic E-state index is 0.0677. The number of hydrogen-bond donors (Lipinski definition) is 2. The number of nitrogens with one attached hydrogen (secondary N) is 1. The highest BCUT2D eigenvalue weighted by molar-refractivity contribution is 5.45. The number of rotatable bonds is 4. The Morgan fingerprint density at radius 2 is 2.08 bits per heavy atom. The molecule has 1 aromatic heterocycles. The molecule has 134 valence electrons. The Kier molecular flexibility index (Phi) is 4.40. The maximum atomic E-state index is 11.4. The summed E-state index contributed by atoms with van der Waals surface area (Å²) in [5.41, 5.74) is 2.58. The molecule has 0 radical (unpaired) electrons. The van der Waals surface area contributed by atoms with E-state index in [-0.39, 0.29) is 17.6 Å². The topological polar surface area (TPSA) is 53.3 Å². The van der Waals surface area contributed by atoms with E-state index in [0.717, 1.165) is 44.8 Å². The number of nitrogens with zero attached hydrogens (tertiary/aromatic N) is 3. The predicted octanol–water partition coefficient (Wildman–Crippen LogP) is 1.86. The van der Waals surface area contributed by atoms with Gasteiger partial charge in [-0.05, 0) is 51.0 Å². The largest absolute Gasteiger partial charge is 0.390 e. The lowest BCUT2D eigenvalue weighted by Crippen LogP contribution is -2.48. The normalized spacial score (nSPS) is 24.8. The number of likely N-dealkylation sites (N-methyl/N-ethyl adjacent to an activating group) is 1. The number of piperidine rings is 1. The first-order valence-corrected chi connectivity index (χ1v) is 9.30. The zero-order valence-electron chi connectivity index (χ0n) is 15.2. The van der Waals surface area contributed by atoms with E-state index >= 15 is 0 Å². The van der Waals surface area contributed by atoms with Gasteiger partial charge in [-0.15, -0.1) is 0 Å². The monoisotopic (exact) mass is 340 g/mol. The third kappa shape index (κ3) is 2.71. The van der Waals surface area contributed by atoms with Gasteiger partial charge in [0.25, 0.3) is 0 Å². The minimum atomic E-state index is -0.346. The highest BCUT2D eigenvalue weighted by Crippen LogP contribution is 2.51. The second-order valence-electron chi connectivity index (χ2n) is 7.53. The number of fused-ring (bicyclic) bond motifs is 2. The molecule has 1 saturated heterocycles. The van der Waals surface area contributed by atoms with Crippen LogP contribution in [0.5, 0.6) is 0 Å². The molecule has 1 aromatic carbocycles. The second-order valence-corrected chi connectivity index (χ2v) is 7.53. The van der Waals surface area contributed by atoms with Crippen LogP contribution in [0.15, 0.2) is 36.7 Å². The molecule has 2 aromatic rings. The molecule has 2 aliphatic rings. The van der Waals surface area contributed by atoms with E-state index in [2.05, 4.69) is 51.1 Å². The van der Waals surface area contributed by atoms with Crippen molar-refractivity contribution in [1.82, 2.24) is 19.8 Å². The van der Waals surface area contributed by atoms with Gasteiger partial charge in [-0.3, -0.25) is 4.90 Å². The van der Waals surface area contributed by atoms with Gasteiger partial charge in [-0.2, -0.15) is 0 Å². The summed E-state index contributed by atoms with van der Waals surface area (Å²) in [7, 11) is 2.14. The Bertz CT molecular complexity index is 735. The van der Waals surface area contributed by atoms with Gasteiger partial charge in [0.2, 0.25) is 0 Å². The molecule has 0 bridgehead atoms. The second kappa shape index (κ2) is 6.56.